The number of nitrogens with zero attached hydrogens (tertiary/aromatic N) is 2. The van der Waals surface area contributed by atoms with Crippen molar-refractivity contribution in [3.63, 3.8) is 0 Å². The lowest BCUT2D eigenvalue weighted by Crippen LogP contribution is -2.32. The molecule has 9 nitrogen and oxygen atoms in total. The molecule has 3 heterocycles. The van der Waals surface area contributed by atoms with Gasteiger partial charge in [0.15, 0.2) is 11.2 Å². The zero-order valence-corrected chi connectivity index (χ0v) is 9.65. The summed E-state index contributed by atoms with van der Waals surface area (Å²) >= 11 is 0. The Labute approximate surface area is 105 Å². The highest BCUT2D eigenvalue weighted by Gasteiger charge is 2.44. The van der Waals surface area contributed by atoms with Crippen LogP contribution in [-0.4, -0.2) is 60.2 Å². The second kappa shape index (κ2) is 4.38. The molecule has 9 heteroatoms. The predicted octanol–water partition coefficient (Wildman–Crippen LogP) is -2.20. The summed E-state index contributed by atoms with van der Waals surface area (Å²) in [5, 5.41) is 28.5. The Kier molecular flexibility index (Phi) is 2.82. The van der Waals surface area contributed by atoms with Gasteiger partial charge in [0, 0.05) is 0 Å². The second-order valence-electron chi connectivity index (χ2n) is 4.31. The number of aromatic amines is 2. The highest BCUT2D eigenvalue weighted by atomic mass is 16.6. The van der Waals surface area contributed by atoms with Crippen molar-refractivity contribution in [3.05, 3.63) is 22.5 Å². The summed E-state index contributed by atoms with van der Waals surface area (Å²) < 4.78 is 5.28. The lowest BCUT2D eigenvalue weighted by molar-refractivity contribution is -0.0252. The minimum absolute atomic E-state index is 0.0621. The van der Waals surface area contributed by atoms with Crippen LogP contribution in [0, 0.1) is 0 Å². The maximum atomic E-state index is 11.7. The lowest BCUT2D eigenvalue weighted by Gasteiger charge is -2.13. The number of aromatic nitrogens is 4. The highest BCUT2D eigenvalue weighted by molar-refractivity contribution is 5.68. The number of imidazole rings is 1. The molecule has 0 aliphatic carbocycles. The number of hydrogen-bond acceptors (Lipinski definition) is 7. The molecule has 1 fully saturated rings. The van der Waals surface area contributed by atoms with Crippen molar-refractivity contribution in [2.24, 2.45) is 0 Å². The number of aliphatic hydroxyl groups excluding tert-OH is 3. The Bertz CT molecular complexity index is 653. The van der Waals surface area contributed by atoms with Crippen molar-refractivity contribution in [1.29, 1.82) is 0 Å². The zero-order valence-electron chi connectivity index (χ0n) is 9.65. The van der Waals surface area contributed by atoms with Crippen LogP contribution in [0.1, 0.15) is 11.9 Å². The fourth-order valence-electron chi connectivity index (χ4n) is 2.12. The number of hydrogen-bond donors (Lipinski definition) is 5. The molecule has 3 rings (SSSR count). The molecule has 1 aliphatic heterocycles. The molecule has 0 spiro atoms. The third-order valence-electron chi connectivity index (χ3n) is 3.13. The molecule has 2 aromatic rings. The van der Waals surface area contributed by atoms with Crippen molar-refractivity contribution in [2.45, 2.75) is 24.4 Å². The molecule has 1 aliphatic rings. The maximum absolute atomic E-state index is 11.7. The third-order valence-corrected chi connectivity index (χ3v) is 3.13. The van der Waals surface area contributed by atoms with Crippen molar-refractivity contribution in [1.82, 2.24) is 19.9 Å². The summed E-state index contributed by atoms with van der Waals surface area (Å²) in [6, 6.07) is 0. The summed E-state index contributed by atoms with van der Waals surface area (Å²) in [6.45, 7) is -0.441. The third kappa shape index (κ3) is 1.83. The highest BCUT2D eigenvalue weighted by Crippen LogP contribution is 2.31. The molecule has 0 radical (unpaired) electrons. The lowest BCUT2D eigenvalue weighted by atomic mass is 10.1. The monoisotopic (exact) mass is 268 g/mol. The number of ether oxygens (including phenoxy) is 1. The van der Waals surface area contributed by atoms with Crippen LogP contribution in [0.25, 0.3) is 11.2 Å². The van der Waals surface area contributed by atoms with E-state index in [0.717, 1.165) is 0 Å². The van der Waals surface area contributed by atoms with Gasteiger partial charge >= 0.3 is 0 Å². The van der Waals surface area contributed by atoms with E-state index in [1.165, 1.54) is 6.33 Å². The predicted molar refractivity (Wildman–Crippen MR) is 61.2 cm³/mol. The van der Waals surface area contributed by atoms with Gasteiger partial charge in [0.1, 0.15) is 30.2 Å². The van der Waals surface area contributed by atoms with Crippen LogP contribution >= 0.6 is 0 Å². The molecule has 2 aromatic heterocycles. The Morgan fingerprint density at radius 2 is 2.16 bits per heavy atom. The minimum Gasteiger partial charge on any atom is -0.394 e. The quantitative estimate of drug-likeness (QED) is 0.415. The van der Waals surface area contributed by atoms with Crippen LogP contribution in [0.5, 0.6) is 0 Å². The van der Waals surface area contributed by atoms with E-state index in [9.17, 15) is 15.0 Å². The number of aliphatic hydroxyl groups is 3. The van der Waals surface area contributed by atoms with Crippen LogP contribution in [0.4, 0.5) is 0 Å². The maximum Gasteiger partial charge on any atom is 0.277 e. The van der Waals surface area contributed by atoms with E-state index in [1.807, 2.05) is 0 Å². The Morgan fingerprint density at radius 3 is 2.84 bits per heavy atom. The number of fused-ring (bicyclic) bond motifs is 1. The second-order valence-corrected chi connectivity index (χ2v) is 4.31. The first-order valence-corrected chi connectivity index (χ1v) is 5.67. The number of H-pyrrole nitrogens is 2. The molecule has 0 bridgehead atoms. The first-order chi connectivity index (χ1) is 9.11. The largest absolute Gasteiger partial charge is 0.394 e. The molecule has 0 amide bonds. The van der Waals surface area contributed by atoms with E-state index in [4.69, 9.17) is 9.84 Å². The van der Waals surface area contributed by atoms with Gasteiger partial charge in [-0.3, -0.25) is 4.79 Å². The van der Waals surface area contributed by atoms with Crippen LogP contribution in [0.2, 0.25) is 0 Å². The Balaban J connectivity index is 2.03. The molecule has 0 aromatic carbocycles. The molecule has 19 heavy (non-hydrogen) atoms. The van der Waals surface area contributed by atoms with Gasteiger partial charge in [-0.25, -0.2) is 9.97 Å². The first-order valence-electron chi connectivity index (χ1n) is 5.67. The standard InChI is InChI=1S/C10H12N4O5/c15-1-3-5(16)6(17)7(19-3)9-13-8-4(10(18)14-9)11-2-12-8/h2-3,5-7,15-17H,1H2,(H2,11,12,13,14,18)/t3-,5-,6-,7+/m0/s1. The fourth-order valence-corrected chi connectivity index (χ4v) is 2.12. The number of nitrogens with one attached hydrogen (secondary N) is 2. The van der Waals surface area contributed by atoms with E-state index in [-0.39, 0.29) is 17.0 Å². The molecular weight excluding hydrogens is 256 g/mol. The van der Waals surface area contributed by atoms with Gasteiger partial charge in [0.25, 0.3) is 5.56 Å². The van der Waals surface area contributed by atoms with Gasteiger partial charge in [-0.05, 0) is 0 Å². The summed E-state index contributed by atoms with van der Waals surface area (Å²) in [7, 11) is 0. The normalized spacial score (nSPS) is 31.1. The van der Waals surface area contributed by atoms with Crippen molar-refractivity contribution < 1.29 is 20.1 Å². The van der Waals surface area contributed by atoms with Crippen molar-refractivity contribution in [2.75, 3.05) is 6.61 Å². The topological polar surface area (TPSA) is 144 Å². The molecular formula is C10H12N4O5. The van der Waals surface area contributed by atoms with E-state index in [1.54, 1.807) is 0 Å². The number of rotatable bonds is 2. The molecule has 5 N–H and O–H groups in total. The SMILES string of the molecule is O=c1[nH]c([C@@H]2O[C@@H](CO)[C@H](O)[C@@H]2O)nc2nc[nH]c12. The molecule has 1 saturated heterocycles. The van der Waals surface area contributed by atoms with E-state index < -0.39 is 36.6 Å². The zero-order chi connectivity index (χ0) is 13.6. The fraction of sp³-hybridized carbons (Fsp3) is 0.500. The van der Waals surface area contributed by atoms with E-state index in [0.29, 0.717) is 0 Å². The average Bonchev–Trinajstić information content (AvgIpc) is 2.96. The molecule has 0 saturated carbocycles. The minimum atomic E-state index is -1.28. The van der Waals surface area contributed by atoms with Gasteiger partial charge in [-0.2, -0.15) is 0 Å². The van der Waals surface area contributed by atoms with E-state index in [2.05, 4.69) is 19.9 Å². The van der Waals surface area contributed by atoms with Gasteiger partial charge in [-0.15, -0.1) is 0 Å². The van der Waals surface area contributed by atoms with Crippen molar-refractivity contribution in [3.8, 4) is 0 Å². The summed E-state index contributed by atoms with van der Waals surface area (Å²) in [6.07, 6.45) is -3.12. The first kappa shape index (κ1) is 12.2. The Morgan fingerprint density at radius 1 is 1.37 bits per heavy atom. The average molecular weight is 268 g/mol. The smallest absolute Gasteiger partial charge is 0.277 e. The Hall–Kier alpha value is -1.81. The van der Waals surface area contributed by atoms with Gasteiger partial charge in [0.05, 0.1) is 12.9 Å². The van der Waals surface area contributed by atoms with Crippen LogP contribution < -0.4 is 5.56 Å². The van der Waals surface area contributed by atoms with Crippen LogP contribution in [-0.2, 0) is 4.74 Å². The van der Waals surface area contributed by atoms with Crippen LogP contribution in [0.3, 0.4) is 0 Å². The van der Waals surface area contributed by atoms with E-state index >= 15 is 0 Å². The molecule has 102 valence electrons. The van der Waals surface area contributed by atoms with Gasteiger partial charge < -0.3 is 30.0 Å². The summed E-state index contributed by atoms with van der Waals surface area (Å²) in [5.41, 5.74) is -0.0396. The van der Waals surface area contributed by atoms with Gasteiger partial charge in [0.2, 0.25) is 0 Å². The molecule has 4 atom stereocenters. The summed E-state index contributed by atoms with van der Waals surface area (Å²) in [5.74, 6) is 0.0621. The van der Waals surface area contributed by atoms with Crippen molar-refractivity contribution >= 4 is 11.2 Å². The van der Waals surface area contributed by atoms with Gasteiger partial charge in [-0.1, -0.05) is 0 Å². The van der Waals surface area contributed by atoms with Crippen LogP contribution in [0.15, 0.2) is 11.1 Å². The summed E-state index contributed by atoms with van der Waals surface area (Å²) in [4.78, 5) is 24.7. The molecule has 0 unspecified atom stereocenters.